The highest BCUT2D eigenvalue weighted by Gasteiger charge is 2.44. The zero-order chi connectivity index (χ0) is 21.0. The number of nitrogens with one attached hydrogen (secondary N) is 2. The number of rotatable bonds is 4. The van der Waals surface area contributed by atoms with E-state index in [-0.39, 0.29) is 5.91 Å². The van der Waals surface area contributed by atoms with Gasteiger partial charge in [0.1, 0.15) is 0 Å². The topological polar surface area (TPSA) is 59.0 Å². The summed E-state index contributed by atoms with van der Waals surface area (Å²) in [4.78, 5) is 13.1. The van der Waals surface area contributed by atoms with Gasteiger partial charge in [0.15, 0.2) is 5.69 Å². The summed E-state index contributed by atoms with van der Waals surface area (Å²) < 4.78 is 1.80. The van der Waals surface area contributed by atoms with Crippen LogP contribution in [0.4, 0.5) is 5.69 Å². The van der Waals surface area contributed by atoms with E-state index < -0.39 is 0 Å². The van der Waals surface area contributed by atoms with Crippen molar-refractivity contribution in [3.8, 4) is 5.69 Å². The third-order valence-corrected chi connectivity index (χ3v) is 6.97. The Morgan fingerprint density at radius 2 is 1.73 bits per heavy atom. The molecule has 2 N–H and O–H groups in total. The van der Waals surface area contributed by atoms with Gasteiger partial charge in [-0.2, -0.15) is 5.10 Å². The molecule has 2 aliphatic rings. The summed E-state index contributed by atoms with van der Waals surface area (Å²) in [7, 11) is 0. The lowest BCUT2D eigenvalue weighted by Gasteiger charge is -2.15. The number of nitrogens with zero attached hydrogens (tertiary/aromatic N) is 2. The Balaban J connectivity index is 1.52. The fourth-order valence-electron chi connectivity index (χ4n) is 4.53. The molecule has 1 amide bonds. The van der Waals surface area contributed by atoms with Crippen molar-refractivity contribution in [2.45, 2.75) is 31.1 Å². The van der Waals surface area contributed by atoms with Crippen LogP contribution in [0.15, 0.2) is 36.4 Å². The molecule has 1 aromatic heterocycles. The SMILES string of the molecule is O=C(NNc1c(Cl)cccc1Cl)c1nn(-c2ccc(Cl)cc2Cl)c2c1C1CCC2C1. The summed E-state index contributed by atoms with van der Waals surface area (Å²) in [5.41, 5.74) is 9.12. The minimum atomic E-state index is -0.348. The van der Waals surface area contributed by atoms with Crippen LogP contribution in [0.25, 0.3) is 5.69 Å². The van der Waals surface area contributed by atoms with E-state index in [0.29, 0.717) is 49.0 Å². The zero-order valence-electron chi connectivity index (χ0n) is 15.6. The Kier molecular flexibility index (Phi) is 5.10. The summed E-state index contributed by atoms with van der Waals surface area (Å²) in [6, 6.07) is 10.4. The maximum atomic E-state index is 13.1. The van der Waals surface area contributed by atoms with E-state index >= 15 is 0 Å². The minimum absolute atomic E-state index is 0.328. The third kappa shape index (κ3) is 3.25. The highest BCUT2D eigenvalue weighted by Crippen LogP contribution is 2.54. The quantitative estimate of drug-likeness (QED) is 0.412. The van der Waals surface area contributed by atoms with Crippen molar-refractivity contribution in [3.05, 3.63) is 73.4 Å². The van der Waals surface area contributed by atoms with Crippen molar-refractivity contribution in [1.29, 1.82) is 0 Å². The molecule has 2 aromatic carbocycles. The van der Waals surface area contributed by atoms with Gasteiger partial charge in [-0.05, 0) is 55.5 Å². The molecule has 5 rings (SSSR count). The number of hydrogen-bond donors (Lipinski definition) is 2. The van der Waals surface area contributed by atoms with Gasteiger partial charge in [0, 0.05) is 16.5 Å². The number of para-hydroxylation sites is 1. The Hall–Kier alpha value is -1.92. The second-order valence-electron chi connectivity index (χ2n) is 7.54. The summed E-state index contributed by atoms with van der Waals surface area (Å²) >= 11 is 24.9. The van der Waals surface area contributed by atoms with E-state index in [2.05, 4.69) is 16.0 Å². The first kappa shape index (κ1) is 20.0. The molecule has 9 heteroatoms. The van der Waals surface area contributed by atoms with Crippen LogP contribution in [0.3, 0.4) is 0 Å². The summed E-state index contributed by atoms with van der Waals surface area (Å²) in [6.07, 6.45) is 3.17. The molecule has 1 fully saturated rings. The van der Waals surface area contributed by atoms with Crippen molar-refractivity contribution in [2.24, 2.45) is 0 Å². The predicted molar refractivity (Wildman–Crippen MR) is 120 cm³/mol. The molecular formula is C21H16Cl4N4O. The maximum absolute atomic E-state index is 13.1. The van der Waals surface area contributed by atoms with Crippen LogP contribution in [0, 0.1) is 0 Å². The molecule has 0 saturated heterocycles. The van der Waals surface area contributed by atoms with Crippen LogP contribution in [0.2, 0.25) is 20.1 Å². The van der Waals surface area contributed by atoms with E-state index in [9.17, 15) is 4.79 Å². The second-order valence-corrected chi connectivity index (χ2v) is 9.20. The van der Waals surface area contributed by atoms with Crippen molar-refractivity contribution < 1.29 is 4.79 Å². The zero-order valence-corrected chi connectivity index (χ0v) is 18.6. The van der Waals surface area contributed by atoms with E-state index in [0.717, 1.165) is 30.5 Å². The number of hydrogen-bond acceptors (Lipinski definition) is 3. The molecule has 1 heterocycles. The number of anilines is 1. The molecule has 2 bridgehead atoms. The van der Waals surface area contributed by atoms with Crippen LogP contribution >= 0.6 is 46.4 Å². The van der Waals surface area contributed by atoms with Crippen LogP contribution in [-0.2, 0) is 0 Å². The Morgan fingerprint density at radius 1 is 1.00 bits per heavy atom. The highest BCUT2D eigenvalue weighted by molar-refractivity contribution is 6.39. The van der Waals surface area contributed by atoms with Gasteiger partial charge in [-0.3, -0.25) is 15.6 Å². The van der Waals surface area contributed by atoms with Gasteiger partial charge in [0.05, 0.1) is 32.1 Å². The normalized spacial score (nSPS) is 19.1. The van der Waals surface area contributed by atoms with E-state index in [1.165, 1.54) is 0 Å². The third-order valence-electron chi connectivity index (χ3n) is 5.80. The van der Waals surface area contributed by atoms with Crippen LogP contribution < -0.4 is 10.9 Å². The molecule has 0 aliphatic heterocycles. The first-order valence-corrected chi connectivity index (χ1v) is 11.0. The number of halogens is 4. The van der Waals surface area contributed by atoms with E-state index in [4.69, 9.17) is 46.4 Å². The minimum Gasteiger partial charge on any atom is -0.295 e. The van der Waals surface area contributed by atoms with Gasteiger partial charge in [0.25, 0.3) is 5.91 Å². The van der Waals surface area contributed by atoms with Gasteiger partial charge in [-0.1, -0.05) is 52.5 Å². The molecule has 2 unspecified atom stereocenters. The van der Waals surface area contributed by atoms with Crippen molar-refractivity contribution in [2.75, 3.05) is 5.43 Å². The number of carbonyl (C=O) groups excluding carboxylic acids is 1. The fourth-order valence-corrected chi connectivity index (χ4v) is 5.51. The predicted octanol–water partition coefficient (Wildman–Crippen LogP) is 6.61. The van der Waals surface area contributed by atoms with Gasteiger partial charge < -0.3 is 0 Å². The number of benzene rings is 2. The second kappa shape index (κ2) is 7.65. The Labute approximate surface area is 193 Å². The average molecular weight is 482 g/mol. The number of fused-ring (bicyclic) bond motifs is 5. The van der Waals surface area contributed by atoms with Gasteiger partial charge >= 0.3 is 0 Å². The van der Waals surface area contributed by atoms with E-state index in [1.807, 2.05) is 6.07 Å². The van der Waals surface area contributed by atoms with Crippen molar-refractivity contribution in [3.63, 3.8) is 0 Å². The monoisotopic (exact) mass is 480 g/mol. The van der Waals surface area contributed by atoms with Crippen molar-refractivity contribution >= 4 is 58.0 Å². The fraction of sp³-hybridized carbons (Fsp3) is 0.238. The van der Waals surface area contributed by atoms with E-state index in [1.54, 1.807) is 35.0 Å². The first-order chi connectivity index (χ1) is 14.4. The first-order valence-electron chi connectivity index (χ1n) is 9.52. The van der Waals surface area contributed by atoms with Gasteiger partial charge in [0.2, 0.25) is 0 Å². The molecular weight excluding hydrogens is 466 g/mol. The number of hydrazine groups is 1. The molecule has 30 heavy (non-hydrogen) atoms. The lowest BCUT2D eigenvalue weighted by Crippen LogP contribution is -2.31. The molecule has 0 spiro atoms. The van der Waals surface area contributed by atoms with Gasteiger partial charge in [-0.15, -0.1) is 0 Å². The summed E-state index contributed by atoms with van der Waals surface area (Å²) in [5, 5.41) is 6.52. The van der Waals surface area contributed by atoms with Crippen molar-refractivity contribution in [1.82, 2.24) is 15.2 Å². The van der Waals surface area contributed by atoms with Gasteiger partial charge in [-0.25, -0.2) is 4.68 Å². The van der Waals surface area contributed by atoms with Crippen LogP contribution in [-0.4, -0.2) is 15.7 Å². The average Bonchev–Trinajstić information content (AvgIpc) is 3.40. The summed E-state index contributed by atoms with van der Waals surface area (Å²) in [5.74, 6) is 0.352. The summed E-state index contributed by atoms with van der Waals surface area (Å²) in [6.45, 7) is 0. The largest absolute Gasteiger partial charge is 0.295 e. The number of aromatic nitrogens is 2. The maximum Gasteiger partial charge on any atom is 0.290 e. The lowest BCUT2D eigenvalue weighted by molar-refractivity contribution is 0.0956. The molecule has 2 atom stereocenters. The number of carbonyl (C=O) groups is 1. The smallest absolute Gasteiger partial charge is 0.290 e. The van der Waals surface area contributed by atoms with Crippen LogP contribution in [0.5, 0.6) is 0 Å². The van der Waals surface area contributed by atoms with Crippen LogP contribution in [0.1, 0.15) is 52.8 Å². The molecule has 5 nitrogen and oxygen atoms in total. The molecule has 154 valence electrons. The Bertz CT molecular complexity index is 1160. The highest BCUT2D eigenvalue weighted by atomic mass is 35.5. The lowest BCUT2D eigenvalue weighted by atomic mass is 9.95. The molecule has 3 aromatic rings. The molecule has 1 saturated carbocycles. The Morgan fingerprint density at radius 3 is 2.47 bits per heavy atom. The standard InChI is InChI=1S/C21H16Cl4N4O/c22-12-6-7-16(15(25)9-12)29-20-11-5-4-10(8-11)17(20)19(28-29)21(30)27-26-18-13(23)2-1-3-14(18)24/h1-3,6-7,9-11,26H,4-5,8H2,(H,27,30). The molecule has 2 aliphatic carbocycles. The molecule has 0 radical (unpaired) electrons. The number of amides is 1.